The fraction of sp³-hybridized carbons (Fsp3) is 0.562. The number of thioether (sulfide) groups is 1. The number of nitrogens with one attached hydrogen (secondary N) is 1. The molecular formula is C16H24N2OS. The third kappa shape index (κ3) is 4.25. The van der Waals surface area contributed by atoms with Gasteiger partial charge in [0, 0.05) is 18.6 Å². The van der Waals surface area contributed by atoms with Crippen molar-refractivity contribution >= 4 is 22.6 Å². The highest BCUT2D eigenvalue weighted by Gasteiger charge is 2.19. The molecule has 1 aliphatic heterocycles. The van der Waals surface area contributed by atoms with Gasteiger partial charge in [-0.25, -0.2) is 0 Å². The molecule has 0 saturated carbocycles. The molecule has 20 heavy (non-hydrogen) atoms. The molecule has 1 aliphatic rings. The number of hydrogen-bond acceptors (Lipinski definition) is 4. The lowest BCUT2D eigenvalue weighted by molar-refractivity contribution is 0.202. The lowest BCUT2D eigenvalue weighted by Gasteiger charge is -2.24. The van der Waals surface area contributed by atoms with Gasteiger partial charge in [0.15, 0.2) is 5.17 Å². The molecule has 3 nitrogen and oxygen atoms in total. The van der Waals surface area contributed by atoms with E-state index in [1.54, 1.807) is 7.11 Å². The molecule has 1 aromatic carbocycles. The van der Waals surface area contributed by atoms with Gasteiger partial charge in [-0.3, -0.25) is 4.99 Å². The smallest absolute Gasteiger partial charge is 0.161 e. The van der Waals surface area contributed by atoms with Gasteiger partial charge in [-0.1, -0.05) is 43.8 Å². The van der Waals surface area contributed by atoms with Crippen LogP contribution in [0.3, 0.4) is 0 Å². The monoisotopic (exact) mass is 292 g/mol. The molecule has 1 N–H and O–H groups in total. The SMILES string of the molecule is COCCc1ccccc1NC1=NC(C(C)C)CCS1. The fourth-order valence-electron chi connectivity index (χ4n) is 2.27. The van der Waals surface area contributed by atoms with Crippen molar-refractivity contribution in [3.63, 3.8) is 0 Å². The summed E-state index contributed by atoms with van der Waals surface area (Å²) in [5.74, 6) is 1.76. The van der Waals surface area contributed by atoms with E-state index in [-0.39, 0.29) is 0 Å². The van der Waals surface area contributed by atoms with Crippen LogP contribution in [0.25, 0.3) is 0 Å². The maximum absolute atomic E-state index is 5.18. The zero-order chi connectivity index (χ0) is 14.4. The van der Waals surface area contributed by atoms with Crippen LogP contribution in [0.1, 0.15) is 25.8 Å². The number of nitrogens with zero attached hydrogens (tertiary/aromatic N) is 1. The first-order chi connectivity index (χ1) is 9.70. The third-order valence-electron chi connectivity index (χ3n) is 3.54. The summed E-state index contributed by atoms with van der Waals surface area (Å²) in [5, 5.41) is 4.56. The van der Waals surface area contributed by atoms with Crippen LogP contribution in [0.15, 0.2) is 29.3 Å². The Morgan fingerprint density at radius 3 is 2.95 bits per heavy atom. The summed E-state index contributed by atoms with van der Waals surface area (Å²) >= 11 is 1.82. The normalized spacial score (nSPS) is 19.0. The highest BCUT2D eigenvalue weighted by Crippen LogP contribution is 2.25. The van der Waals surface area contributed by atoms with Crippen LogP contribution in [0.4, 0.5) is 5.69 Å². The van der Waals surface area contributed by atoms with Crippen molar-refractivity contribution in [1.82, 2.24) is 0 Å². The van der Waals surface area contributed by atoms with Gasteiger partial charge < -0.3 is 10.1 Å². The van der Waals surface area contributed by atoms with Gasteiger partial charge in [0.2, 0.25) is 0 Å². The summed E-state index contributed by atoms with van der Waals surface area (Å²) in [6.45, 7) is 5.23. The molecule has 0 fully saturated rings. The van der Waals surface area contributed by atoms with E-state index >= 15 is 0 Å². The number of methoxy groups -OCH3 is 1. The van der Waals surface area contributed by atoms with Crippen molar-refractivity contribution in [1.29, 1.82) is 0 Å². The summed E-state index contributed by atoms with van der Waals surface area (Å²) in [4.78, 5) is 4.84. The summed E-state index contributed by atoms with van der Waals surface area (Å²) in [6, 6.07) is 8.85. The highest BCUT2D eigenvalue weighted by atomic mass is 32.2. The number of aliphatic imine (C=N–C) groups is 1. The zero-order valence-corrected chi connectivity index (χ0v) is 13.4. The molecule has 0 aliphatic carbocycles. The molecule has 1 aromatic rings. The van der Waals surface area contributed by atoms with Gasteiger partial charge in [0.1, 0.15) is 0 Å². The minimum Gasteiger partial charge on any atom is -0.384 e. The Kier molecular flexibility index (Phi) is 5.92. The van der Waals surface area contributed by atoms with E-state index in [1.807, 2.05) is 11.8 Å². The second-order valence-electron chi connectivity index (χ2n) is 5.41. The molecule has 0 saturated heterocycles. The molecule has 2 rings (SSSR count). The molecule has 0 aromatic heterocycles. The Morgan fingerprint density at radius 2 is 2.20 bits per heavy atom. The van der Waals surface area contributed by atoms with Gasteiger partial charge in [0.05, 0.1) is 12.6 Å². The largest absolute Gasteiger partial charge is 0.384 e. The van der Waals surface area contributed by atoms with E-state index < -0.39 is 0 Å². The summed E-state index contributed by atoms with van der Waals surface area (Å²) in [5.41, 5.74) is 2.43. The van der Waals surface area contributed by atoms with E-state index in [9.17, 15) is 0 Å². The van der Waals surface area contributed by atoms with Gasteiger partial charge in [-0.05, 0) is 30.4 Å². The summed E-state index contributed by atoms with van der Waals surface area (Å²) in [7, 11) is 1.74. The molecular weight excluding hydrogens is 268 g/mol. The van der Waals surface area contributed by atoms with Crippen LogP contribution in [0.2, 0.25) is 0 Å². The minimum absolute atomic E-state index is 0.449. The summed E-state index contributed by atoms with van der Waals surface area (Å²) in [6.07, 6.45) is 2.10. The van der Waals surface area contributed by atoms with Crippen molar-refractivity contribution in [3.8, 4) is 0 Å². The Morgan fingerprint density at radius 1 is 1.40 bits per heavy atom. The Balaban J connectivity index is 2.09. The topological polar surface area (TPSA) is 33.6 Å². The fourth-order valence-corrected chi connectivity index (χ4v) is 3.21. The predicted molar refractivity (Wildman–Crippen MR) is 88.8 cm³/mol. The molecule has 0 spiro atoms. The molecule has 1 heterocycles. The first kappa shape index (κ1) is 15.4. The summed E-state index contributed by atoms with van der Waals surface area (Å²) < 4.78 is 5.18. The van der Waals surface area contributed by atoms with Crippen molar-refractivity contribution in [2.24, 2.45) is 10.9 Å². The number of ether oxygens (including phenoxy) is 1. The van der Waals surface area contributed by atoms with E-state index in [4.69, 9.17) is 9.73 Å². The van der Waals surface area contributed by atoms with Crippen LogP contribution >= 0.6 is 11.8 Å². The second kappa shape index (κ2) is 7.70. The van der Waals surface area contributed by atoms with E-state index in [1.165, 1.54) is 12.0 Å². The Bertz CT molecular complexity index is 460. The lowest BCUT2D eigenvalue weighted by atomic mass is 10.0. The number of amidine groups is 1. The van der Waals surface area contributed by atoms with Crippen LogP contribution in [-0.4, -0.2) is 30.7 Å². The molecule has 1 unspecified atom stereocenters. The molecule has 110 valence electrons. The average Bonchev–Trinajstić information content (AvgIpc) is 2.46. The average molecular weight is 292 g/mol. The number of anilines is 1. The standard InChI is InChI=1S/C16H24N2OS/c1-12(2)14-9-11-20-16(17-14)18-15-7-5-4-6-13(15)8-10-19-3/h4-7,12,14H,8-11H2,1-3H3,(H,17,18). The van der Waals surface area contributed by atoms with E-state index in [2.05, 4.69) is 43.4 Å². The first-order valence-corrected chi connectivity index (χ1v) is 8.23. The van der Waals surface area contributed by atoms with Gasteiger partial charge in [-0.15, -0.1) is 0 Å². The third-order valence-corrected chi connectivity index (χ3v) is 4.46. The van der Waals surface area contributed by atoms with Crippen LogP contribution < -0.4 is 5.32 Å². The number of benzene rings is 1. The maximum atomic E-state index is 5.18. The minimum atomic E-state index is 0.449. The molecule has 4 heteroatoms. The van der Waals surface area contributed by atoms with Gasteiger partial charge in [0.25, 0.3) is 0 Å². The number of rotatable bonds is 5. The van der Waals surface area contributed by atoms with Crippen molar-refractivity contribution in [3.05, 3.63) is 29.8 Å². The van der Waals surface area contributed by atoms with Gasteiger partial charge in [-0.2, -0.15) is 0 Å². The van der Waals surface area contributed by atoms with Crippen molar-refractivity contribution in [2.45, 2.75) is 32.7 Å². The van der Waals surface area contributed by atoms with Crippen LogP contribution in [0, 0.1) is 5.92 Å². The number of hydrogen-bond donors (Lipinski definition) is 1. The maximum Gasteiger partial charge on any atom is 0.161 e. The Hall–Kier alpha value is -1.000. The van der Waals surface area contributed by atoms with E-state index in [0.717, 1.165) is 29.6 Å². The lowest BCUT2D eigenvalue weighted by Crippen LogP contribution is -2.24. The van der Waals surface area contributed by atoms with Crippen LogP contribution in [0.5, 0.6) is 0 Å². The highest BCUT2D eigenvalue weighted by molar-refractivity contribution is 8.14. The molecule has 0 radical (unpaired) electrons. The van der Waals surface area contributed by atoms with E-state index in [0.29, 0.717) is 12.0 Å². The number of para-hydroxylation sites is 1. The van der Waals surface area contributed by atoms with Crippen LogP contribution in [-0.2, 0) is 11.2 Å². The molecule has 0 amide bonds. The van der Waals surface area contributed by atoms with Crippen molar-refractivity contribution < 1.29 is 4.74 Å². The zero-order valence-electron chi connectivity index (χ0n) is 12.6. The quantitative estimate of drug-likeness (QED) is 0.896. The Labute approximate surface area is 126 Å². The predicted octanol–water partition coefficient (Wildman–Crippen LogP) is 3.80. The molecule has 0 bridgehead atoms. The van der Waals surface area contributed by atoms with Crippen molar-refractivity contribution in [2.75, 3.05) is 24.8 Å². The first-order valence-electron chi connectivity index (χ1n) is 7.25. The second-order valence-corrected chi connectivity index (χ2v) is 6.49. The van der Waals surface area contributed by atoms with Gasteiger partial charge >= 0.3 is 0 Å². The molecule has 1 atom stereocenters.